The fourth-order valence-corrected chi connectivity index (χ4v) is 2.92. The Balaban J connectivity index is 1.80. The Morgan fingerprint density at radius 2 is 2.00 bits per heavy atom. The maximum Gasteiger partial charge on any atom is 0.278 e. The van der Waals surface area contributed by atoms with Crippen molar-refractivity contribution in [2.75, 3.05) is 11.4 Å². The van der Waals surface area contributed by atoms with Crippen LogP contribution in [0.15, 0.2) is 41.2 Å². The quantitative estimate of drug-likeness (QED) is 0.879. The van der Waals surface area contributed by atoms with Crippen molar-refractivity contribution in [2.45, 2.75) is 39.3 Å². The van der Waals surface area contributed by atoms with Crippen LogP contribution < -0.4 is 15.8 Å². The second-order valence-corrected chi connectivity index (χ2v) is 6.43. The summed E-state index contributed by atoms with van der Waals surface area (Å²) in [5.41, 5.74) is 1.72. The molecule has 3 rings (SSSR count). The number of fused-ring (bicyclic) bond motifs is 1. The molecule has 0 bridgehead atoms. The highest BCUT2D eigenvalue weighted by Gasteiger charge is 2.26. The van der Waals surface area contributed by atoms with Crippen LogP contribution in [0, 0.1) is 0 Å². The third-order valence-electron chi connectivity index (χ3n) is 4.53. The molecule has 0 aliphatic carbocycles. The number of carbonyl (C=O) groups is 2. The van der Waals surface area contributed by atoms with Crippen LogP contribution in [-0.4, -0.2) is 34.2 Å². The highest BCUT2D eigenvalue weighted by molar-refractivity contribution is 6.05. The second kappa shape index (κ2) is 7.51. The molecule has 0 radical (unpaired) electrons. The predicted molar refractivity (Wildman–Crippen MR) is 98.2 cm³/mol. The summed E-state index contributed by atoms with van der Waals surface area (Å²) < 4.78 is 1.03. The molecule has 2 amide bonds. The smallest absolute Gasteiger partial charge is 0.278 e. The monoisotopic (exact) mass is 354 g/mol. The van der Waals surface area contributed by atoms with Crippen molar-refractivity contribution < 1.29 is 9.59 Å². The summed E-state index contributed by atoms with van der Waals surface area (Å²) in [7, 11) is 0. The molecule has 136 valence electrons. The van der Waals surface area contributed by atoms with Crippen LogP contribution in [0.5, 0.6) is 0 Å². The van der Waals surface area contributed by atoms with E-state index in [4.69, 9.17) is 0 Å². The largest absolute Gasteiger partial charge is 0.352 e. The number of hydrogen-bond donors (Lipinski definition) is 1. The van der Waals surface area contributed by atoms with E-state index < -0.39 is 5.56 Å². The highest BCUT2D eigenvalue weighted by atomic mass is 16.2. The average Bonchev–Trinajstić information content (AvgIpc) is 3.07. The number of carbonyl (C=O) groups excluding carboxylic acids is 2. The molecule has 1 atom stereocenters. The molecular weight excluding hydrogens is 332 g/mol. The summed E-state index contributed by atoms with van der Waals surface area (Å²) in [6.07, 6.45) is 1.58. The molecule has 1 aromatic heterocycles. The third kappa shape index (κ3) is 3.66. The fraction of sp³-hybridized carbons (Fsp3) is 0.368. The molecule has 1 N–H and O–H groups in total. The standard InChI is InChI=1S/C19H22N4O3/c1-3-13(2)20-17(24)12-23-18(25)9-8-15(21-23)19(26)22-11-10-14-6-4-5-7-16(14)22/h4-9,13H,3,10-12H2,1-2H3,(H,20,24)/t13-/m0/s1. The molecule has 1 aliphatic heterocycles. The second-order valence-electron chi connectivity index (χ2n) is 6.43. The summed E-state index contributed by atoms with van der Waals surface area (Å²) >= 11 is 0. The maximum atomic E-state index is 12.8. The fourth-order valence-electron chi connectivity index (χ4n) is 2.92. The molecule has 2 aromatic rings. The van der Waals surface area contributed by atoms with Gasteiger partial charge in [0.05, 0.1) is 0 Å². The van der Waals surface area contributed by atoms with Crippen LogP contribution >= 0.6 is 0 Å². The summed E-state index contributed by atoms with van der Waals surface area (Å²) in [4.78, 5) is 38.5. The Kier molecular flexibility index (Phi) is 5.16. The lowest BCUT2D eigenvalue weighted by Gasteiger charge is -2.17. The number of aromatic nitrogens is 2. The van der Waals surface area contributed by atoms with Gasteiger partial charge in [-0.15, -0.1) is 0 Å². The first-order valence-electron chi connectivity index (χ1n) is 8.77. The maximum absolute atomic E-state index is 12.8. The van der Waals surface area contributed by atoms with Gasteiger partial charge in [0.1, 0.15) is 12.2 Å². The lowest BCUT2D eigenvalue weighted by molar-refractivity contribution is -0.122. The summed E-state index contributed by atoms with van der Waals surface area (Å²) in [6.45, 7) is 4.22. The molecule has 0 spiro atoms. The van der Waals surface area contributed by atoms with Crippen LogP contribution in [0.4, 0.5) is 5.69 Å². The van der Waals surface area contributed by atoms with E-state index in [2.05, 4.69) is 10.4 Å². The number of benzene rings is 1. The lowest BCUT2D eigenvalue weighted by Crippen LogP contribution is -2.39. The molecule has 0 saturated heterocycles. The Bertz CT molecular complexity index is 890. The van der Waals surface area contributed by atoms with Crippen LogP contribution in [0.1, 0.15) is 36.3 Å². The van der Waals surface area contributed by atoms with E-state index in [0.29, 0.717) is 6.54 Å². The first kappa shape index (κ1) is 17.8. The first-order valence-corrected chi connectivity index (χ1v) is 8.77. The number of nitrogens with one attached hydrogen (secondary N) is 1. The number of nitrogens with zero attached hydrogens (tertiary/aromatic N) is 3. The van der Waals surface area contributed by atoms with Gasteiger partial charge in [-0.25, -0.2) is 4.68 Å². The van der Waals surface area contributed by atoms with E-state index in [1.165, 1.54) is 12.1 Å². The zero-order valence-electron chi connectivity index (χ0n) is 14.9. The molecule has 1 aromatic carbocycles. The molecule has 7 heteroatoms. The Morgan fingerprint density at radius 1 is 1.23 bits per heavy atom. The van der Waals surface area contributed by atoms with Gasteiger partial charge in [0.2, 0.25) is 5.91 Å². The molecule has 1 aliphatic rings. The number of amides is 2. The van der Waals surface area contributed by atoms with Crippen molar-refractivity contribution >= 4 is 17.5 Å². The van der Waals surface area contributed by atoms with Gasteiger partial charge in [-0.2, -0.15) is 5.10 Å². The van der Waals surface area contributed by atoms with E-state index in [1.54, 1.807) is 4.90 Å². The average molecular weight is 354 g/mol. The first-order chi connectivity index (χ1) is 12.5. The molecule has 0 unspecified atom stereocenters. The van der Waals surface area contributed by atoms with Crippen molar-refractivity contribution in [3.63, 3.8) is 0 Å². The minimum Gasteiger partial charge on any atom is -0.352 e. The number of rotatable bonds is 5. The Morgan fingerprint density at radius 3 is 2.77 bits per heavy atom. The minimum absolute atomic E-state index is 0.0177. The molecule has 2 heterocycles. The molecule has 0 saturated carbocycles. The summed E-state index contributed by atoms with van der Waals surface area (Å²) in [5.74, 6) is -0.573. The molecule has 26 heavy (non-hydrogen) atoms. The zero-order chi connectivity index (χ0) is 18.7. The van der Waals surface area contributed by atoms with Crippen molar-refractivity contribution in [3.8, 4) is 0 Å². The molecule has 0 fully saturated rings. The van der Waals surface area contributed by atoms with Crippen LogP contribution in [0.25, 0.3) is 0 Å². The van der Waals surface area contributed by atoms with E-state index in [9.17, 15) is 14.4 Å². The predicted octanol–water partition coefficient (Wildman–Crippen LogP) is 1.36. The van der Waals surface area contributed by atoms with Gasteiger partial charge in [-0.1, -0.05) is 25.1 Å². The van der Waals surface area contributed by atoms with Gasteiger partial charge >= 0.3 is 0 Å². The highest BCUT2D eigenvalue weighted by Crippen LogP contribution is 2.28. The molecule has 7 nitrogen and oxygen atoms in total. The van der Waals surface area contributed by atoms with Gasteiger partial charge in [0.15, 0.2) is 0 Å². The SMILES string of the molecule is CC[C@H](C)NC(=O)Cn1nc(C(=O)N2CCc3ccccc32)ccc1=O. The van der Waals surface area contributed by atoms with Crippen LogP contribution in [0.3, 0.4) is 0 Å². The van der Waals surface area contributed by atoms with E-state index in [0.717, 1.165) is 28.8 Å². The van der Waals surface area contributed by atoms with Gasteiger partial charge in [0.25, 0.3) is 11.5 Å². The van der Waals surface area contributed by atoms with Crippen molar-refractivity contribution in [3.05, 3.63) is 58.0 Å². The van der Waals surface area contributed by atoms with Gasteiger partial charge in [-0.3, -0.25) is 14.4 Å². The summed E-state index contributed by atoms with van der Waals surface area (Å²) in [6, 6.07) is 10.4. The Labute approximate surface area is 151 Å². The topological polar surface area (TPSA) is 84.3 Å². The third-order valence-corrected chi connectivity index (χ3v) is 4.53. The number of anilines is 1. The Hall–Kier alpha value is -2.96. The zero-order valence-corrected chi connectivity index (χ0v) is 14.9. The molecular formula is C19H22N4O3. The van der Waals surface area contributed by atoms with Crippen LogP contribution in [0.2, 0.25) is 0 Å². The van der Waals surface area contributed by atoms with Crippen molar-refractivity contribution in [2.24, 2.45) is 0 Å². The van der Waals surface area contributed by atoms with E-state index in [-0.39, 0.29) is 30.1 Å². The van der Waals surface area contributed by atoms with Crippen LogP contribution in [-0.2, 0) is 17.8 Å². The van der Waals surface area contributed by atoms with E-state index >= 15 is 0 Å². The number of hydrogen-bond acceptors (Lipinski definition) is 4. The van der Waals surface area contributed by atoms with E-state index in [1.807, 2.05) is 38.1 Å². The lowest BCUT2D eigenvalue weighted by atomic mass is 10.2. The van der Waals surface area contributed by atoms with Gasteiger partial charge < -0.3 is 10.2 Å². The van der Waals surface area contributed by atoms with Gasteiger partial charge in [0, 0.05) is 24.3 Å². The van der Waals surface area contributed by atoms with Gasteiger partial charge in [-0.05, 0) is 37.5 Å². The number of para-hydroxylation sites is 1. The summed E-state index contributed by atoms with van der Waals surface area (Å²) in [5, 5.41) is 6.90. The van der Waals surface area contributed by atoms with Crippen molar-refractivity contribution in [1.82, 2.24) is 15.1 Å². The minimum atomic E-state index is -0.414. The van der Waals surface area contributed by atoms with Crippen molar-refractivity contribution in [1.29, 1.82) is 0 Å². The normalized spacial score (nSPS) is 14.0.